The van der Waals surface area contributed by atoms with Crippen molar-refractivity contribution in [3.05, 3.63) is 12.2 Å². The van der Waals surface area contributed by atoms with Gasteiger partial charge >= 0.3 is 0 Å². The van der Waals surface area contributed by atoms with Gasteiger partial charge in [-0.3, -0.25) is 0 Å². The van der Waals surface area contributed by atoms with Crippen molar-refractivity contribution in [2.75, 3.05) is 0 Å². The van der Waals surface area contributed by atoms with Gasteiger partial charge in [0.25, 0.3) is 0 Å². The average molecular weight is 267 g/mol. The summed E-state index contributed by atoms with van der Waals surface area (Å²) >= 11 is 0. The lowest BCUT2D eigenvalue weighted by atomic mass is 9.73. The van der Waals surface area contributed by atoms with E-state index in [-0.39, 0.29) is 0 Å². The summed E-state index contributed by atoms with van der Waals surface area (Å²) in [4.78, 5) is 0. The van der Waals surface area contributed by atoms with Crippen molar-refractivity contribution in [2.45, 2.75) is 83.5 Å². The largest absolute Gasteiger partial charge is 0.413 e. The van der Waals surface area contributed by atoms with Crippen LogP contribution in [-0.4, -0.2) is 14.4 Å². The summed E-state index contributed by atoms with van der Waals surface area (Å²) < 4.78 is 6.77. The van der Waals surface area contributed by atoms with E-state index in [9.17, 15) is 0 Å². The van der Waals surface area contributed by atoms with Crippen LogP contribution < -0.4 is 0 Å². The Labute approximate surface area is 114 Å². The maximum Gasteiger partial charge on any atom is 0.192 e. The van der Waals surface area contributed by atoms with Crippen molar-refractivity contribution < 1.29 is 4.43 Å². The van der Waals surface area contributed by atoms with Crippen LogP contribution in [0.2, 0.25) is 18.1 Å². The van der Waals surface area contributed by atoms with Crippen LogP contribution in [0.5, 0.6) is 0 Å². The molecule has 0 amide bonds. The fourth-order valence-corrected chi connectivity index (χ4v) is 4.64. The van der Waals surface area contributed by atoms with Crippen LogP contribution in [0.4, 0.5) is 0 Å². The van der Waals surface area contributed by atoms with Crippen molar-refractivity contribution in [1.29, 1.82) is 0 Å². The summed E-state index contributed by atoms with van der Waals surface area (Å²) in [6.45, 7) is 11.8. The molecule has 0 N–H and O–H groups in total. The summed E-state index contributed by atoms with van der Waals surface area (Å²) in [7, 11) is -1.62. The van der Waals surface area contributed by atoms with Gasteiger partial charge in [-0.25, -0.2) is 0 Å². The summed E-state index contributed by atoms with van der Waals surface area (Å²) in [6.07, 6.45) is 13.2. The molecule has 0 aromatic heterocycles. The normalized spacial score (nSPS) is 27.9. The Morgan fingerprint density at radius 1 is 1.11 bits per heavy atom. The van der Waals surface area contributed by atoms with Gasteiger partial charge in [0.15, 0.2) is 8.32 Å². The molecule has 0 saturated heterocycles. The van der Waals surface area contributed by atoms with Crippen LogP contribution in [0.15, 0.2) is 12.2 Å². The summed E-state index contributed by atoms with van der Waals surface area (Å²) in [5.74, 6) is 0. The molecule has 2 aliphatic carbocycles. The van der Waals surface area contributed by atoms with E-state index < -0.39 is 8.32 Å². The van der Waals surface area contributed by atoms with E-state index in [1.807, 2.05) is 0 Å². The van der Waals surface area contributed by atoms with E-state index in [1.165, 1.54) is 32.1 Å². The van der Waals surface area contributed by atoms with Crippen molar-refractivity contribution in [1.82, 2.24) is 0 Å². The third-order valence-electron chi connectivity index (χ3n) is 5.57. The van der Waals surface area contributed by atoms with Gasteiger partial charge in [0, 0.05) is 0 Å². The van der Waals surface area contributed by atoms with Crippen LogP contribution in [0.3, 0.4) is 0 Å². The second-order valence-corrected chi connectivity index (χ2v) is 12.6. The Kier molecular flexibility index (Phi) is 3.81. The lowest BCUT2D eigenvalue weighted by Gasteiger charge is -2.46. The zero-order valence-corrected chi connectivity index (χ0v) is 13.9. The number of rotatable bonds is 2. The summed E-state index contributed by atoms with van der Waals surface area (Å²) in [5.41, 5.74) is 0.490. The van der Waals surface area contributed by atoms with Crippen LogP contribution in [0.1, 0.15) is 59.3 Å². The van der Waals surface area contributed by atoms with Crippen molar-refractivity contribution >= 4 is 8.32 Å². The van der Waals surface area contributed by atoms with Crippen LogP contribution in [0.25, 0.3) is 0 Å². The Hall–Kier alpha value is -0.0831. The third kappa shape index (κ3) is 2.60. The third-order valence-corrected chi connectivity index (χ3v) is 10.1. The van der Waals surface area contributed by atoms with Gasteiger partial charge in [0.1, 0.15) is 0 Å². The molecule has 0 aromatic rings. The van der Waals surface area contributed by atoms with Gasteiger partial charge in [-0.2, -0.15) is 0 Å². The van der Waals surface area contributed by atoms with Gasteiger partial charge in [-0.1, -0.05) is 45.8 Å². The minimum absolute atomic E-state index is 0.327. The fourth-order valence-electron chi connectivity index (χ4n) is 3.23. The monoisotopic (exact) mass is 266 g/mol. The molecule has 1 unspecified atom stereocenters. The second kappa shape index (κ2) is 4.79. The molecule has 1 atom stereocenters. The molecule has 18 heavy (non-hydrogen) atoms. The number of hydrogen-bond donors (Lipinski definition) is 0. The Balaban J connectivity index is 2.14. The molecule has 2 aliphatic rings. The summed E-state index contributed by atoms with van der Waals surface area (Å²) in [5, 5.41) is 0.327. The second-order valence-electron chi connectivity index (χ2n) is 7.85. The van der Waals surface area contributed by atoms with Crippen LogP contribution in [0, 0.1) is 5.41 Å². The molecule has 1 saturated carbocycles. The minimum atomic E-state index is -1.62. The first-order valence-corrected chi connectivity index (χ1v) is 10.5. The molecule has 1 fully saturated rings. The lowest BCUT2D eigenvalue weighted by molar-refractivity contribution is 0.0365. The predicted molar refractivity (Wildman–Crippen MR) is 81.3 cm³/mol. The lowest BCUT2D eigenvalue weighted by Crippen LogP contribution is -2.49. The van der Waals surface area contributed by atoms with Gasteiger partial charge in [-0.05, 0) is 49.2 Å². The predicted octanol–water partition coefficient (Wildman–Crippen LogP) is 5.29. The van der Waals surface area contributed by atoms with E-state index in [2.05, 4.69) is 46.0 Å². The van der Waals surface area contributed by atoms with Crippen LogP contribution >= 0.6 is 0 Å². The molecule has 2 heteroatoms. The van der Waals surface area contributed by atoms with Crippen LogP contribution in [-0.2, 0) is 4.43 Å². The SMILES string of the molecule is CC(C)(C)[Si](C)(C)OC1CC=CCC12CCCC2. The van der Waals surface area contributed by atoms with Gasteiger partial charge in [-0.15, -0.1) is 0 Å². The summed E-state index contributed by atoms with van der Waals surface area (Å²) in [6, 6.07) is 0. The Bertz CT molecular complexity index is 318. The van der Waals surface area contributed by atoms with Crippen molar-refractivity contribution in [3.8, 4) is 0 Å². The molecule has 1 spiro atoms. The minimum Gasteiger partial charge on any atom is -0.413 e. The fraction of sp³-hybridized carbons (Fsp3) is 0.875. The highest BCUT2D eigenvalue weighted by Crippen LogP contribution is 2.50. The molecular formula is C16H30OSi. The molecular weight excluding hydrogens is 236 g/mol. The molecule has 0 aromatic carbocycles. The highest BCUT2D eigenvalue weighted by molar-refractivity contribution is 6.74. The smallest absolute Gasteiger partial charge is 0.192 e. The first kappa shape index (κ1) is 14.3. The van der Waals surface area contributed by atoms with E-state index in [1.54, 1.807) is 0 Å². The standard InChI is InChI=1S/C16H30OSi/c1-15(2,3)18(4,5)17-14-10-6-7-11-16(14)12-8-9-13-16/h6-7,14H,8-13H2,1-5H3. The van der Waals surface area contributed by atoms with E-state index >= 15 is 0 Å². The molecule has 104 valence electrons. The number of allylic oxidation sites excluding steroid dienone is 1. The molecule has 0 radical (unpaired) electrons. The highest BCUT2D eigenvalue weighted by atomic mass is 28.4. The van der Waals surface area contributed by atoms with E-state index in [0.29, 0.717) is 16.6 Å². The van der Waals surface area contributed by atoms with E-state index in [0.717, 1.165) is 6.42 Å². The van der Waals surface area contributed by atoms with Gasteiger partial charge < -0.3 is 4.43 Å². The highest BCUT2D eigenvalue weighted by Gasteiger charge is 2.47. The molecule has 0 aliphatic heterocycles. The Morgan fingerprint density at radius 3 is 2.28 bits per heavy atom. The number of hydrogen-bond acceptors (Lipinski definition) is 1. The van der Waals surface area contributed by atoms with Gasteiger partial charge in [0.2, 0.25) is 0 Å². The van der Waals surface area contributed by atoms with E-state index in [4.69, 9.17) is 4.43 Å². The maximum atomic E-state index is 6.77. The topological polar surface area (TPSA) is 9.23 Å². The zero-order valence-electron chi connectivity index (χ0n) is 12.9. The zero-order chi connectivity index (χ0) is 13.4. The Morgan fingerprint density at radius 2 is 1.72 bits per heavy atom. The molecule has 0 bridgehead atoms. The van der Waals surface area contributed by atoms with Crippen molar-refractivity contribution in [2.24, 2.45) is 5.41 Å². The molecule has 1 nitrogen and oxygen atoms in total. The van der Waals surface area contributed by atoms with Gasteiger partial charge in [0.05, 0.1) is 6.10 Å². The first-order chi connectivity index (χ1) is 8.27. The average Bonchev–Trinajstić information content (AvgIpc) is 2.69. The first-order valence-electron chi connectivity index (χ1n) is 7.60. The van der Waals surface area contributed by atoms with Crippen molar-refractivity contribution in [3.63, 3.8) is 0 Å². The molecule has 2 rings (SSSR count). The maximum absolute atomic E-state index is 6.77. The molecule has 0 heterocycles. The quantitative estimate of drug-likeness (QED) is 0.487.